The SMILES string of the molecule is Cc1ccc(N2C(=O)C(=Cc3ccc(Br)cc3)C(=O)NC2=S)cc1. The third-order valence-electron chi connectivity index (χ3n) is 3.57. The van der Waals surface area contributed by atoms with Crippen LogP contribution in [-0.2, 0) is 9.59 Å². The van der Waals surface area contributed by atoms with Crippen LogP contribution in [0.15, 0.2) is 58.6 Å². The first-order valence-electron chi connectivity index (χ1n) is 7.19. The molecule has 1 aliphatic rings. The van der Waals surface area contributed by atoms with E-state index in [0.717, 1.165) is 15.6 Å². The minimum absolute atomic E-state index is 0.0477. The summed E-state index contributed by atoms with van der Waals surface area (Å²) in [7, 11) is 0. The molecule has 1 heterocycles. The maximum atomic E-state index is 12.8. The predicted molar refractivity (Wildman–Crippen MR) is 102 cm³/mol. The maximum Gasteiger partial charge on any atom is 0.270 e. The number of nitrogens with one attached hydrogen (secondary N) is 1. The lowest BCUT2D eigenvalue weighted by molar-refractivity contribution is -0.122. The van der Waals surface area contributed by atoms with Crippen LogP contribution in [0.3, 0.4) is 0 Å². The fraction of sp³-hybridized carbons (Fsp3) is 0.0556. The van der Waals surface area contributed by atoms with Gasteiger partial charge in [0.1, 0.15) is 5.57 Å². The van der Waals surface area contributed by atoms with Gasteiger partial charge in [-0.05, 0) is 55.0 Å². The molecule has 0 saturated carbocycles. The maximum absolute atomic E-state index is 12.8. The zero-order valence-corrected chi connectivity index (χ0v) is 15.1. The molecule has 0 spiro atoms. The second-order valence-corrected chi connectivity index (χ2v) is 6.65. The van der Waals surface area contributed by atoms with Gasteiger partial charge < -0.3 is 0 Å². The molecule has 1 saturated heterocycles. The van der Waals surface area contributed by atoms with Gasteiger partial charge in [0.25, 0.3) is 11.8 Å². The third kappa shape index (κ3) is 3.29. The van der Waals surface area contributed by atoms with Crippen molar-refractivity contribution in [3.63, 3.8) is 0 Å². The van der Waals surface area contributed by atoms with E-state index in [1.165, 1.54) is 4.90 Å². The second kappa shape index (κ2) is 6.67. The highest BCUT2D eigenvalue weighted by Gasteiger charge is 2.34. The number of hydrogen-bond acceptors (Lipinski definition) is 3. The number of benzene rings is 2. The van der Waals surface area contributed by atoms with E-state index >= 15 is 0 Å². The Bertz CT molecular complexity index is 858. The average molecular weight is 401 g/mol. The van der Waals surface area contributed by atoms with Gasteiger partial charge in [0.2, 0.25) is 0 Å². The van der Waals surface area contributed by atoms with E-state index in [1.54, 1.807) is 18.2 Å². The summed E-state index contributed by atoms with van der Waals surface area (Å²) in [5, 5.41) is 2.66. The summed E-state index contributed by atoms with van der Waals surface area (Å²) < 4.78 is 0.923. The van der Waals surface area contributed by atoms with Crippen molar-refractivity contribution in [3.05, 3.63) is 69.7 Å². The summed E-state index contributed by atoms with van der Waals surface area (Å²) in [5.74, 6) is -0.924. The van der Waals surface area contributed by atoms with Crippen molar-refractivity contribution in [1.82, 2.24) is 5.32 Å². The lowest BCUT2D eigenvalue weighted by atomic mass is 10.1. The number of thiocarbonyl (C=S) groups is 1. The van der Waals surface area contributed by atoms with E-state index in [4.69, 9.17) is 12.2 Å². The normalized spacial score (nSPS) is 16.5. The molecule has 6 heteroatoms. The van der Waals surface area contributed by atoms with E-state index in [-0.39, 0.29) is 10.7 Å². The van der Waals surface area contributed by atoms with Crippen LogP contribution in [0.2, 0.25) is 0 Å². The van der Waals surface area contributed by atoms with E-state index in [2.05, 4.69) is 21.2 Å². The molecule has 0 aromatic heterocycles. The molecule has 2 amide bonds. The van der Waals surface area contributed by atoms with Gasteiger partial charge in [-0.2, -0.15) is 0 Å². The molecule has 0 unspecified atom stereocenters. The smallest absolute Gasteiger partial charge is 0.270 e. The first-order valence-corrected chi connectivity index (χ1v) is 8.39. The minimum Gasteiger partial charge on any atom is -0.298 e. The number of amides is 2. The Morgan fingerprint density at radius 1 is 1.04 bits per heavy atom. The van der Waals surface area contributed by atoms with Gasteiger partial charge in [0, 0.05) is 4.47 Å². The zero-order chi connectivity index (χ0) is 17.3. The molecule has 0 aliphatic carbocycles. The van der Waals surface area contributed by atoms with Crippen LogP contribution in [0.25, 0.3) is 6.08 Å². The van der Waals surface area contributed by atoms with Crippen molar-refractivity contribution in [2.45, 2.75) is 6.92 Å². The molecule has 2 aromatic carbocycles. The van der Waals surface area contributed by atoms with E-state index in [0.29, 0.717) is 5.69 Å². The standard InChI is InChI=1S/C18H13BrN2O2S/c1-11-2-8-14(9-3-11)21-17(23)15(16(22)20-18(21)24)10-12-4-6-13(19)7-5-12/h2-10H,1H3,(H,20,22,24). The quantitative estimate of drug-likeness (QED) is 0.476. The van der Waals surface area contributed by atoms with Gasteiger partial charge in [-0.15, -0.1) is 0 Å². The Kier molecular flexibility index (Phi) is 4.59. The van der Waals surface area contributed by atoms with E-state index < -0.39 is 11.8 Å². The summed E-state index contributed by atoms with van der Waals surface area (Å²) in [6, 6.07) is 14.7. The van der Waals surface area contributed by atoms with Crippen molar-refractivity contribution >= 4 is 56.8 Å². The van der Waals surface area contributed by atoms with Crippen LogP contribution in [0, 0.1) is 6.92 Å². The monoisotopic (exact) mass is 400 g/mol. The minimum atomic E-state index is -0.490. The number of nitrogens with zero attached hydrogens (tertiary/aromatic N) is 1. The third-order valence-corrected chi connectivity index (χ3v) is 4.39. The van der Waals surface area contributed by atoms with Crippen LogP contribution in [0.4, 0.5) is 5.69 Å². The molecular formula is C18H13BrN2O2S. The molecule has 0 radical (unpaired) electrons. The number of carbonyl (C=O) groups excluding carboxylic acids is 2. The number of carbonyl (C=O) groups is 2. The summed E-state index contributed by atoms with van der Waals surface area (Å²) in [5.41, 5.74) is 2.50. The summed E-state index contributed by atoms with van der Waals surface area (Å²) in [4.78, 5) is 26.3. The van der Waals surface area contributed by atoms with Crippen LogP contribution >= 0.6 is 28.1 Å². The lowest BCUT2D eigenvalue weighted by Crippen LogP contribution is -2.54. The Labute approximate surface area is 153 Å². The Morgan fingerprint density at radius 2 is 1.67 bits per heavy atom. The van der Waals surface area contributed by atoms with Gasteiger partial charge in [0.15, 0.2) is 5.11 Å². The number of rotatable bonds is 2. The number of anilines is 1. The van der Waals surface area contributed by atoms with Crippen LogP contribution in [0.1, 0.15) is 11.1 Å². The van der Waals surface area contributed by atoms with Gasteiger partial charge >= 0.3 is 0 Å². The first kappa shape index (κ1) is 16.5. The van der Waals surface area contributed by atoms with Crippen molar-refractivity contribution < 1.29 is 9.59 Å². The van der Waals surface area contributed by atoms with Gasteiger partial charge in [-0.25, -0.2) is 0 Å². The topological polar surface area (TPSA) is 49.4 Å². The molecule has 1 aliphatic heterocycles. The van der Waals surface area contributed by atoms with Gasteiger partial charge in [-0.3, -0.25) is 19.8 Å². The van der Waals surface area contributed by atoms with Crippen LogP contribution in [-0.4, -0.2) is 16.9 Å². The van der Waals surface area contributed by atoms with Crippen LogP contribution in [0.5, 0.6) is 0 Å². The second-order valence-electron chi connectivity index (χ2n) is 5.34. The van der Waals surface area contributed by atoms with Gasteiger partial charge in [-0.1, -0.05) is 45.8 Å². The molecule has 3 rings (SSSR count). The summed E-state index contributed by atoms with van der Waals surface area (Å²) in [6.45, 7) is 1.96. The molecule has 4 nitrogen and oxygen atoms in total. The fourth-order valence-electron chi connectivity index (χ4n) is 2.31. The van der Waals surface area contributed by atoms with Crippen LogP contribution < -0.4 is 10.2 Å². The molecule has 24 heavy (non-hydrogen) atoms. The highest BCUT2D eigenvalue weighted by atomic mass is 79.9. The van der Waals surface area contributed by atoms with E-state index in [9.17, 15) is 9.59 Å². The number of halogens is 1. The summed E-state index contributed by atoms with van der Waals surface area (Å²) in [6.07, 6.45) is 1.56. The average Bonchev–Trinajstić information content (AvgIpc) is 2.55. The number of aryl methyl sites for hydroxylation is 1. The zero-order valence-electron chi connectivity index (χ0n) is 12.7. The van der Waals surface area contributed by atoms with E-state index in [1.807, 2.05) is 43.3 Å². The highest BCUT2D eigenvalue weighted by molar-refractivity contribution is 9.10. The van der Waals surface area contributed by atoms with Crippen molar-refractivity contribution in [3.8, 4) is 0 Å². The molecular weight excluding hydrogens is 388 g/mol. The largest absolute Gasteiger partial charge is 0.298 e. The summed E-state index contributed by atoms with van der Waals surface area (Å²) >= 11 is 8.53. The van der Waals surface area contributed by atoms with Crippen molar-refractivity contribution in [2.24, 2.45) is 0 Å². The lowest BCUT2D eigenvalue weighted by Gasteiger charge is -2.29. The predicted octanol–water partition coefficient (Wildman–Crippen LogP) is 3.59. The Balaban J connectivity index is 1.99. The Hall–Kier alpha value is -2.31. The van der Waals surface area contributed by atoms with Crippen molar-refractivity contribution in [2.75, 3.05) is 4.90 Å². The molecule has 0 atom stereocenters. The first-order chi connectivity index (χ1) is 11.5. The molecule has 2 aromatic rings. The molecule has 0 bridgehead atoms. The van der Waals surface area contributed by atoms with Crippen molar-refractivity contribution in [1.29, 1.82) is 0 Å². The highest BCUT2D eigenvalue weighted by Crippen LogP contribution is 2.22. The molecule has 120 valence electrons. The fourth-order valence-corrected chi connectivity index (χ4v) is 2.86. The molecule has 1 fully saturated rings. The van der Waals surface area contributed by atoms with Gasteiger partial charge in [0.05, 0.1) is 5.69 Å². The number of hydrogen-bond donors (Lipinski definition) is 1. The molecule has 1 N–H and O–H groups in total. The Morgan fingerprint density at radius 3 is 2.29 bits per heavy atom.